The van der Waals surface area contributed by atoms with Crippen molar-refractivity contribution < 1.29 is 69.0 Å². The van der Waals surface area contributed by atoms with Crippen LogP contribution in [0.15, 0.2) is 0 Å². The van der Waals surface area contributed by atoms with Crippen LogP contribution in [0.25, 0.3) is 0 Å². The molecule has 6 nitrogen and oxygen atoms in total. The monoisotopic (exact) mass is 268 g/mol. The zero-order valence-electron chi connectivity index (χ0n) is 5.14. The van der Waals surface area contributed by atoms with E-state index in [1.807, 2.05) is 0 Å². The Morgan fingerprint density at radius 3 is 1.00 bits per heavy atom. The third kappa shape index (κ3) is 3510. The van der Waals surface area contributed by atoms with E-state index in [4.69, 9.17) is 30.1 Å². The Hall–Kier alpha value is 0.462. The topological polar surface area (TPSA) is 118 Å². The van der Waals surface area contributed by atoms with Crippen molar-refractivity contribution in [3.05, 3.63) is 0 Å². The van der Waals surface area contributed by atoms with Crippen molar-refractivity contribution in [1.82, 2.24) is 0 Å². The van der Waals surface area contributed by atoms with Gasteiger partial charge in [0, 0.05) is 39.0 Å². The summed E-state index contributed by atoms with van der Waals surface area (Å²) < 4.78 is 0. The van der Waals surface area contributed by atoms with Crippen LogP contribution in [0.2, 0.25) is 0 Å². The molecule has 0 aromatic carbocycles. The minimum atomic E-state index is -2.17. The van der Waals surface area contributed by atoms with E-state index in [1.54, 1.807) is 0 Å². The molecule has 0 aliphatic heterocycles. The van der Waals surface area contributed by atoms with E-state index >= 15 is 0 Å². The van der Waals surface area contributed by atoms with Gasteiger partial charge in [0.25, 0.3) is 0 Å². The number of hydrogen-bond acceptors (Lipinski definition) is 4. The summed E-state index contributed by atoms with van der Waals surface area (Å²) in [6.45, 7) is 0. The summed E-state index contributed by atoms with van der Waals surface area (Å²) in [7, 11) is -2.17. The first-order valence-electron chi connectivity index (χ1n) is 1.43. The van der Waals surface area contributed by atoms with Gasteiger partial charge in [-0.05, 0) is 0 Å². The molecule has 0 saturated heterocycles. The van der Waals surface area contributed by atoms with E-state index in [2.05, 4.69) is 0 Å². The summed E-state index contributed by atoms with van der Waals surface area (Å²) in [6.07, 6.45) is -1.83. The van der Waals surface area contributed by atoms with E-state index in [0.717, 1.165) is 0 Å². The molecule has 60 valence electrons. The first-order valence-corrected chi connectivity index (χ1v) is 1.43. The molecular formula is C2H9BO6Zn2. The summed E-state index contributed by atoms with van der Waals surface area (Å²) in [6, 6.07) is 0. The average Bonchev–Trinajstić information content (AvgIpc) is 1.25. The van der Waals surface area contributed by atoms with Crippen LogP contribution in [0.4, 0.5) is 4.79 Å². The molecule has 0 bridgehead atoms. The zero-order chi connectivity index (χ0) is 7.15. The predicted octanol–water partition coefficient (Wildman–Crippen LogP) is -1.20. The number of rotatable bonds is 0. The number of hydrogen-bond donors (Lipinski definition) is 5. The fourth-order valence-electron chi connectivity index (χ4n) is 0. The van der Waals surface area contributed by atoms with Gasteiger partial charge in [0.05, 0.1) is 0 Å². The largest absolute Gasteiger partial charge is 0.631 e. The van der Waals surface area contributed by atoms with Crippen molar-refractivity contribution in [1.29, 1.82) is 0 Å². The SMILES string of the molecule is C.O=C(O)O.OB(O)O.[Zn].[Zn]. The quantitative estimate of drug-likeness (QED) is 0.353. The molecule has 0 radical (unpaired) electrons. The van der Waals surface area contributed by atoms with E-state index < -0.39 is 13.5 Å². The molecule has 9 heteroatoms. The van der Waals surface area contributed by atoms with Crippen LogP contribution in [0.1, 0.15) is 7.43 Å². The molecule has 0 spiro atoms. The Bertz CT molecular complexity index is 62.8. The normalized spacial score (nSPS) is 4.64. The fourth-order valence-corrected chi connectivity index (χ4v) is 0. The van der Waals surface area contributed by atoms with Gasteiger partial charge >= 0.3 is 13.5 Å². The van der Waals surface area contributed by atoms with Gasteiger partial charge in [0.1, 0.15) is 0 Å². The van der Waals surface area contributed by atoms with Crippen molar-refractivity contribution in [2.24, 2.45) is 0 Å². The molecule has 0 heterocycles. The Kier molecular flexibility index (Phi) is 61.3. The van der Waals surface area contributed by atoms with Crippen molar-refractivity contribution in [2.75, 3.05) is 0 Å². The smallest absolute Gasteiger partial charge is 0.450 e. The fraction of sp³-hybridized carbons (Fsp3) is 0.500. The molecule has 0 aliphatic rings. The van der Waals surface area contributed by atoms with Gasteiger partial charge in [-0.25, -0.2) is 4.79 Å². The Balaban J connectivity index is -0.0000000171. The van der Waals surface area contributed by atoms with Crippen LogP contribution in [0.3, 0.4) is 0 Å². The molecule has 5 N–H and O–H groups in total. The third-order valence-electron chi connectivity index (χ3n) is 0. The number of carbonyl (C=O) groups is 1. The molecule has 0 unspecified atom stereocenters. The van der Waals surface area contributed by atoms with E-state index in [1.165, 1.54) is 0 Å². The summed E-state index contributed by atoms with van der Waals surface area (Å²) in [5, 5.41) is 35.4. The molecule has 11 heavy (non-hydrogen) atoms. The molecule has 0 atom stereocenters. The Morgan fingerprint density at radius 2 is 1.00 bits per heavy atom. The van der Waals surface area contributed by atoms with Gasteiger partial charge in [-0.1, -0.05) is 7.43 Å². The first kappa shape index (κ1) is 30.0. The standard InChI is InChI=1S/CH2O3.CH4.BH3O3.2Zn/c2-1(3)4;;2-1(3)4;;/h(H2,2,3,4);1H4;2-4H;;. The second-order valence-corrected chi connectivity index (χ2v) is 0.629. The summed E-state index contributed by atoms with van der Waals surface area (Å²) in [5.41, 5.74) is 0. The second-order valence-electron chi connectivity index (χ2n) is 0.629. The molecule has 0 amide bonds. The molecule has 0 saturated carbocycles. The van der Waals surface area contributed by atoms with Crippen molar-refractivity contribution in [2.45, 2.75) is 7.43 Å². The molecule has 0 fully saturated rings. The molecule has 0 aromatic heterocycles. The van der Waals surface area contributed by atoms with E-state index in [9.17, 15) is 0 Å². The Labute approximate surface area is 89.9 Å². The minimum Gasteiger partial charge on any atom is -0.450 e. The van der Waals surface area contributed by atoms with Gasteiger partial charge in [0.2, 0.25) is 0 Å². The van der Waals surface area contributed by atoms with Gasteiger partial charge < -0.3 is 25.3 Å². The van der Waals surface area contributed by atoms with E-state index in [-0.39, 0.29) is 46.4 Å². The maximum atomic E-state index is 8.56. The summed E-state index contributed by atoms with van der Waals surface area (Å²) in [4.78, 5) is 8.56. The van der Waals surface area contributed by atoms with Crippen LogP contribution in [0, 0.1) is 0 Å². The van der Waals surface area contributed by atoms with Crippen molar-refractivity contribution in [3.8, 4) is 0 Å². The summed E-state index contributed by atoms with van der Waals surface area (Å²) in [5.74, 6) is 0. The number of carboxylic acid groups (broad SMARTS) is 2. The molecule has 0 aromatic rings. The first-order chi connectivity index (χ1) is 3.46. The Morgan fingerprint density at radius 1 is 1.00 bits per heavy atom. The van der Waals surface area contributed by atoms with Gasteiger partial charge in [-0.2, -0.15) is 0 Å². The van der Waals surface area contributed by atoms with Crippen molar-refractivity contribution in [3.63, 3.8) is 0 Å². The van der Waals surface area contributed by atoms with Gasteiger partial charge in [-0.15, -0.1) is 0 Å². The van der Waals surface area contributed by atoms with Gasteiger partial charge in [-0.3, -0.25) is 0 Å². The zero-order valence-corrected chi connectivity index (χ0v) is 11.1. The minimum absolute atomic E-state index is 0. The van der Waals surface area contributed by atoms with Crippen molar-refractivity contribution >= 4 is 13.5 Å². The van der Waals surface area contributed by atoms with E-state index in [0.29, 0.717) is 0 Å². The maximum Gasteiger partial charge on any atom is 0.631 e. The molecular weight excluding hydrogens is 262 g/mol. The van der Waals surface area contributed by atoms with Gasteiger partial charge in [0.15, 0.2) is 0 Å². The second kappa shape index (κ2) is 22.4. The van der Waals surface area contributed by atoms with Crippen LogP contribution in [0.5, 0.6) is 0 Å². The van der Waals surface area contributed by atoms with Crippen LogP contribution in [-0.4, -0.2) is 38.8 Å². The molecule has 0 rings (SSSR count). The van der Waals surface area contributed by atoms with Crippen LogP contribution < -0.4 is 0 Å². The van der Waals surface area contributed by atoms with Crippen LogP contribution in [-0.2, 0) is 39.0 Å². The average molecular weight is 271 g/mol. The summed E-state index contributed by atoms with van der Waals surface area (Å²) >= 11 is 0. The maximum absolute atomic E-state index is 8.56. The molecule has 0 aliphatic carbocycles. The van der Waals surface area contributed by atoms with Crippen LogP contribution >= 0.6 is 0 Å². The third-order valence-corrected chi connectivity index (χ3v) is 0. The predicted molar refractivity (Wildman–Crippen MR) is 29.8 cm³/mol.